The van der Waals surface area contributed by atoms with Crippen LogP contribution in [0.4, 0.5) is 0 Å². The van der Waals surface area contributed by atoms with Crippen LogP contribution in [0.2, 0.25) is 0 Å². The molecule has 0 aliphatic carbocycles. The molecule has 1 saturated heterocycles. The fraction of sp³-hybridized carbons (Fsp3) is 0.571. The van der Waals surface area contributed by atoms with Gasteiger partial charge in [-0.05, 0) is 24.9 Å². The Hall–Kier alpha value is -0.900. The third-order valence-corrected chi connectivity index (χ3v) is 3.09. The van der Waals surface area contributed by atoms with Gasteiger partial charge in [0.2, 0.25) is 0 Å². The van der Waals surface area contributed by atoms with Crippen molar-refractivity contribution in [3.8, 4) is 0 Å². The number of hydrogen-bond donors (Lipinski definition) is 2. The highest BCUT2D eigenvalue weighted by Crippen LogP contribution is 2.01. The van der Waals surface area contributed by atoms with Crippen molar-refractivity contribution >= 4 is 0 Å². The Balaban J connectivity index is 1.51. The van der Waals surface area contributed by atoms with E-state index in [9.17, 15) is 0 Å². The van der Waals surface area contributed by atoms with Crippen LogP contribution in [-0.4, -0.2) is 32.3 Å². The van der Waals surface area contributed by atoms with Crippen LogP contribution < -0.4 is 10.6 Å². The summed E-state index contributed by atoms with van der Waals surface area (Å²) in [6.07, 6.45) is 2.56. The van der Waals surface area contributed by atoms with Crippen molar-refractivity contribution in [3.63, 3.8) is 0 Å². The molecule has 3 heteroatoms. The number of rotatable bonds is 6. The third kappa shape index (κ3) is 4.86. The summed E-state index contributed by atoms with van der Waals surface area (Å²) in [4.78, 5) is 0. The van der Waals surface area contributed by atoms with Crippen molar-refractivity contribution in [1.29, 1.82) is 0 Å². The second-order valence-corrected chi connectivity index (χ2v) is 4.54. The van der Waals surface area contributed by atoms with Gasteiger partial charge in [-0.3, -0.25) is 0 Å². The normalized spacial score (nSPS) is 20.4. The molecule has 2 N–H and O–H groups in total. The van der Waals surface area contributed by atoms with Crippen LogP contribution in [0.5, 0.6) is 0 Å². The minimum atomic E-state index is 0.629. The molecular weight excluding hydrogens is 212 g/mol. The van der Waals surface area contributed by atoms with Crippen LogP contribution in [0, 0.1) is 0 Å². The van der Waals surface area contributed by atoms with Crippen molar-refractivity contribution in [2.24, 2.45) is 0 Å². The smallest absolute Gasteiger partial charge is 0.0717 e. The van der Waals surface area contributed by atoms with E-state index < -0.39 is 0 Å². The van der Waals surface area contributed by atoms with Gasteiger partial charge in [-0.15, -0.1) is 0 Å². The Labute approximate surface area is 104 Å². The molecule has 1 aliphatic heterocycles. The first-order valence-electron chi connectivity index (χ1n) is 6.51. The SMILES string of the molecule is c1ccc(COCCNC2CCCNC2)cc1. The molecule has 17 heavy (non-hydrogen) atoms. The van der Waals surface area contributed by atoms with Gasteiger partial charge in [-0.2, -0.15) is 0 Å². The lowest BCUT2D eigenvalue weighted by atomic mass is 10.1. The lowest BCUT2D eigenvalue weighted by molar-refractivity contribution is 0.119. The Kier molecular flexibility index (Phi) is 5.49. The first-order chi connectivity index (χ1) is 8.45. The largest absolute Gasteiger partial charge is 0.375 e. The molecule has 0 amide bonds. The molecule has 1 heterocycles. The van der Waals surface area contributed by atoms with Crippen LogP contribution in [0.3, 0.4) is 0 Å². The van der Waals surface area contributed by atoms with E-state index in [-0.39, 0.29) is 0 Å². The Bertz CT molecular complexity index is 296. The molecule has 1 atom stereocenters. The monoisotopic (exact) mass is 234 g/mol. The number of nitrogens with one attached hydrogen (secondary N) is 2. The van der Waals surface area contributed by atoms with Crippen LogP contribution >= 0.6 is 0 Å². The van der Waals surface area contributed by atoms with Gasteiger partial charge in [-0.25, -0.2) is 0 Å². The summed E-state index contributed by atoms with van der Waals surface area (Å²) in [7, 11) is 0. The zero-order valence-corrected chi connectivity index (χ0v) is 10.3. The van der Waals surface area contributed by atoms with Crippen molar-refractivity contribution in [2.75, 3.05) is 26.2 Å². The van der Waals surface area contributed by atoms with Gasteiger partial charge in [0, 0.05) is 19.1 Å². The highest BCUT2D eigenvalue weighted by Gasteiger charge is 2.10. The molecule has 94 valence electrons. The molecule has 0 aromatic heterocycles. The van der Waals surface area contributed by atoms with Crippen LogP contribution in [0.25, 0.3) is 0 Å². The molecule has 0 spiro atoms. The summed E-state index contributed by atoms with van der Waals surface area (Å²) in [5, 5.41) is 6.92. The van der Waals surface area contributed by atoms with Gasteiger partial charge in [-0.1, -0.05) is 30.3 Å². The topological polar surface area (TPSA) is 33.3 Å². The summed E-state index contributed by atoms with van der Waals surface area (Å²) >= 11 is 0. The van der Waals surface area contributed by atoms with E-state index in [1.54, 1.807) is 0 Å². The van der Waals surface area contributed by atoms with Gasteiger partial charge in [0.05, 0.1) is 13.2 Å². The van der Waals surface area contributed by atoms with E-state index in [0.717, 1.165) is 19.7 Å². The van der Waals surface area contributed by atoms with E-state index in [1.165, 1.54) is 24.9 Å². The highest BCUT2D eigenvalue weighted by molar-refractivity contribution is 5.13. The first kappa shape index (κ1) is 12.6. The Morgan fingerprint density at radius 1 is 1.29 bits per heavy atom. The standard InChI is InChI=1S/C14H22N2O/c1-2-5-13(6-3-1)12-17-10-9-16-14-7-4-8-15-11-14/h1-3,5-6,14-16H,4,7-12H2. The molecule has 1 aromatic rings. The van der Waals surface area contributed by atoms with E-state index >= 15 is 0 Å². The molecule has 3 nitrogen and oxygen atoms in total. The fourth-order valence-electron chi connectivity index (χ4n) is 2.13. The first-order valence-corrected chi connectivity index (χ1v) is 6.51. The predicted molar refractivity (Wildman–Crippen MR) is 70.0 cm³/mol. The second-order valence-electron chi connectivity index (χ2n) is 4.54. The zero-order valence-electron chi connectivity index (χ0n) is 10.3. The molecule has 1 aromatic carbocycles. The highest BCUT2D eigenvalue weighted by atomic mass is 16.5. The van der Waals surface area contributed by atoms with Gasteiger partial charge < -0.3 is 15.4 Å². The molecule has 1 unspecified atom stereocenters. The zero-order chi connectivity index (χ0) is 11.8. The van der Waals surface area contributed by atoms with Crippen molar-refractivity contribution in [1.82, 2.24) is 10.6 Å². The minimum Gasteiger partial charge on any atom is -0.375 e. The number of ether oxygens (including phenoxy) is 1. The lowest BCUT2D eigenvalue weighted by Gasteiger charge is -2.23. The Morgan fingerprint density at radius 2 is 2.18 bits per heavy atom. The lowest BCUT2D eigenvalue weighted by Crippen LogP contribution is -2.44. The molecule has 0 radical (unpaired) electrons. The van der Waals surface area contributed by atoms with Gasteiger partial charge in [0.1, 0.15) is 0 Å². The summed E-state index contributed by atoms with van der Waals surface area (Å²) < 4.78 is 5.63. The molecule has 1 fully saturated rings. The Morgan fingerprint density at radius 3 is 2.94 bits per heavy atom. The average molecular weight is 234 g/mol. The third-order valence-electron chi connectivity index (χ3n) is 3.09. The van der Waals surface area contributed by atoms with Gasteiger partial charge in [0.15, 0.2) is 0 Å². The van der Waals surface area contributed by atoms with Crippen LogP contribution in [-0.2, 0) is 11.3 Å². The molecular formula is C14H22N2O. The summed E-state index contributed by atoms with van der Waals surface area (Å²) in [6, 6.07) is 10.9. The van der Waals surface area contributed by atoms with E-state index in [4.69, 9.17) is 4.74 Å². The van der Waals surface area contributed by atoms with Crippen molar-refractivity contribution in [3.05, 3.63) is 35.9 Å². The second kappa shape index (κ2) is 7.43. The molecule has 0 saturated carbocycles. The van der Waals surface area contributed by atoms with Crippen molar-refractivity contribution < 1.29 is 4.74 Å². The predicted octanol–water partition coefficient (Wildman–Crippen LogP) is 1.54. The van der Waals surface area contributed by atoms with Crippen LogP contribution in [0.1, 0.15) is 18.4 Å². The quantitative estimate of drug-likeness (QED) is 0.733. The summed E-state index contributed by atoms with van der Waals surface area (Å²) in [5.74, 6) is 0. The number of benzene rings is 1. The molecule has 1 aliphatic rings. The maximum atomic E-state index is 5.63. The fourth-order valence-corrected chi connectivity index (χ4v) is 2.13. The molecule has 0 bridgehead atoms. The average Bonchev–Trinajstić information content (AvgIpc) is 2.41. The van der Waals surface area contributed by atoms with Gasteiger partial charge >= 0.3 is 0 Å². The minimum absolute atomic E-state index is 0.629. The van der Waals surface area contributed by atoms with Crippen molar-refractivity contribution in [2.45, 2.75) is 25.5 Å². The number of hydrogen-bond acceptors (Lipinski definition) is 3. The summed E-state index contributed by atoms with van der Waals surface area (Å²) in [5.41, 5.74) is 1.24. The number of piperidine rings is 1. The van der Waals surface area contributed by atoms with Gasteiger partial charge in [0.25, 0.3) is 0 Å². The molecule has 2 rings (SSSR count). The van der Waals surface area contributed by atoms with E-state index in [2.05, 4.69) is 22.8 Å². The maximum absolute atomic E-state index is 5.63. The van der Waals surface area contributed by atoms with E-state index in [1.807, 2.05) is 18.2 Å². The summed E-state index contributed by atoms with van der Waals surface area (Å²) in [6.45, 7) is 4.71. The maximum Gasteiger partial charge on any atom is 0.0717 e. The van der Waals surface area contributed by atoms with Crippen LogP contribution in [0.15, 0.2) is 30.3 Å². The van der Waals surface area contributed by atoms with E-state index in [0.29, 0.717) is 12.6 Å².